The lowest BCUT2D eigenvalue weighted by molar-refractivity contribution is 0.0997. The minimum absolute atomic E-state index is 0.0862. The molecule has 1 aromatic heterocycles. The number of nitrogens with zero attached hydrogens (tertiary/aromatic N) is 2. The molecule has 5 nitrogen and oxygen atoms in total. The fourth-order valence-electron chi connectivity index (χ4n) is 2.00. The van der Waals surface area contributed by atoms with Gasteiger partial charge in [0.2, 0.25) is 0 Å². The molecule has 0 aliphatic heterocycles. The Labute approximate surface area is 120 Å². The van der Waals surface area contributed by atoms with Crippen LogP contribution in [-0.2, 0) is 0 Å². The molecule has 1 heterocycles. The average Bonchev–Trinajstić information content (AvgIpc) is 2.39. The number of nitrogens with two attached hydrogens (primary N) is 1. The molecule has 6 heteroatoms. The van der Waals surface area contributed by atoms with Crippen LogP contribution in [0.1, 0.15) is 27.2 Å². The molecule has 0 fully saturated rings. The normalized spacial score (nSPS) is 11.0. The maximum absolute atomic E-state index is 12.8. The predicted octanol–water partition coefficient (Wildman–Crippen LogP) is 1.59. The van der Waals surface area contributed by atoms with Crippen molar-refractivity contribution in [2.75, 3.05) is 0 Å². The highest BCUT2D eigenvalue weighted by atomic mass is 19.1. The number of halogens is 1. The lowest BCUT2D eigenvalue weighted by Gasteiger charge is -2.08. The summed E-state index contributed by atoms with van der Waals surface area (Å²) in [6.07, 6.45) is 1.41. The molecular formula is C15H14FN3O2. The van der Waals surface area contributed by atoms with E-state index in [0.717, 1.165) is 4.68 Å². The molecule has 1 aromatic carbocycles. The highest BCUT2D eigenvalue weighted by Crippen LogP contribution is 2.06. The summed E-state index contributed by atoms with van der Waals surface area (Å²) in [5.74, 6) is -1.14. The first-order valence-corrected chi connectivity index (χ1v) is 6.23. The number of pyridine rings is 1. The molecule has 0 aliphatic rings. The van der Waals surface area contributed by atoms with E-state index in [2.05, 4.69) is 5.10 Å². The minimum Gasteiger partial charge on any atom is -0.365 e. The van der Waals surface area contributed by atoms with Crippen LogP contribution in [0.4, 0.5) is 4.39 Å². The summed E-state index contributed by atoms with van der Waals surface area (Å²) in [5.41, 5.74) is 6.27. The van der Waals surface area contributed by atoms with Crippen molar-refractivity contribution < 1.29 is 9.18 Å². The second kappa shape index (κ2) is 5.70. The molecule has 0 saturated carbocycles. The maximum Gasteiger partial charge on any atom is 0.284 e. The number of primary amides is 1. The Kier molecular flexibility index (Phi) is 3.98. The molecule has 0 saturated heterocycles. The summed E-state index contributed by atoms with van der Waals surface area (Å²) in [6.45, 7) is 3.34. The minimum atomic E-state index is -0.789. The SMILES string of the molecule is Cc1cc(C)n(/N=C\c2ccc(F)cc2)c(=O)c1C(N)=O. The molecular weight excluding hydrogens is 273 g/mol. The Morgan fingerprint density at radius 2 is 1.90 bits per heavy atom. The number of hydrogen-bond acceptors (Lipinski definition) is 3. The van der Waals surface area contributed by atoms with Crippen molar-refractivity contribution in [2.45, 2.75) is 13.8 Å². The monoisotopic (exact) mass is 287 g/mol. The Bertz CT molecular complexity index is 777. The molecule has 0 bridgehead atoms. The van der Waals surface area contributed by atoms with E-state index < -0.39 is 11.5 Å². The van der Waals surface area contributed by atoms with Gasteiger partial charge in [-0.1, -0.05) is 12.1 Å². The number of aromatic nitrogens is 1. The Morgan fingerprint density at radius 3 is 2.48 bits per heavy atom. The molecule has 0 spiro atoms. The third-order valence-electron chi connectivity index (χ3n) is 3.00. The second-order valence-electron chi connectivity index (χ2n) is 4.62. The Balaban J connectivity index is 2.49. The van der Waals surface area contributed by atoms with Crippen molar-refractivity contribution >= 4 is 12.1 Å². The molecule has 1 amide bonds. The van der Waals surface area contributed by atoms with E-state index in [0.29, 0.717) is 16.8 Å². The molecule has 2 aromatic rings. The van der Waals surface area contributed by atoms with Gasteiger partial charge < -0.3 is 5.73 Å². The van der Waals surface area contributed by atoms with E-state index in [1.165, 1.54) is 30.5 Å². The van der Waals surface area contributed by atoms with Crippen LogP contribution in [0, 0.1) is 19.7 Å². The standard InChI is InChI=1S/C15H14FN3O2/c1-9-7-10(2)19(15(21)13(9)14(17)20)18-8-11-3-5-12(16)6-4-11/h3-8H,1-2H3,(H2,17,20)/b18-8-. The van der Waals surface area contributed by atoms with Crippen LogP contribution in [0.2, 0.25) is 0 Å². The zero-order chi connectivity index (χ0) is 15.6. The van der Waals surface area contributed by atoms with Crippen molar-refractivity contribution in [3.8, 4) is 0 Å². The summed E-state index contributed by atoms with van der Waals surface area (Å²) >= 11 is 0. The van der Waals surface area contributed by atoms with Crippen LogP contribution in [0.5, 0.6) is 0 Å². The van der Waals surface area contributed by atoms with E-state index >= 15 is 0 Å². The first-order chi connectivity index (χ1) is 9.90. The molecule has 108 valence electrons. The van der Waals surface area contributed by atoms with Crippen molar-refractivity contribution in [1.29, 1.82) is 0 Å². The highest BCUT2D eigenvalue weighted by Gasteiger charge is 2.14. The van der Waals surface area contributed by atoms with Gasteiger partial charge in [0.1, 0.15) is 11.4 Å². The zero-order valence-corrected chi connectivity index (χ0v) is 11.6. The predicted molar refractivity (Wildman–Crippen MR) is 78.1 cm³/mol. The average molecular weight is 287 g/mol. The largest absolute Gasteiger partial charge is 0.365 e. The third kappa shape index (κ3) is 3.05. The summed E-state index contributed by atoms with van der Waals surface area (Å²) < 4.78 is 13.9. The smallest absolute Gasteiger partial charge is 0.284 e. The maximum atomic E-state index is 12.8. The molecule has 0 aliphatic carbocycles. The van der Waals surface area contributed by atoms with Crippen molar-refractivity contribution in [2.24, 2.45) is 10.8 Å². The number of amides is 1. The van der Waals surface area contributed by atoms with E-state index in [-0.39, 0.29) is 11.4 Å². The number of rotatable bonds is 3. The topological polar surface area (TPSA) is 77.4 Å². The summed E-state index contributed by atoms with van der Waals surface area (Å²) in [7, 11) is 0. The number of carbonyl (C=O) groups excluding carboxylic acids is 1. The summed E-state index contributed by atoms with van der Waals surface area (Å²) in [6, 6.07) is 7.30. The zero-order valence-electron chi connectivity index (χ0n) is 11.6. The van der Waals surface area contributed by atoms with E-state index in [9.17, 15) is 14.0 Å². The van der Waals surface area contributed by atoms with Crippen LogP contribution in [0.3, 0.4) is 0 Å². The van der Waals surface area contributed by atoms with Crippen molar-refractivity contribution in [3.63, 3.8) is 0 Å². The third-order valence-corrected chi connectivity index (χ3v) is 3.00. The quantitative estimate of drug-likeness (QED) is 0.870. The van der Waals surface area contributed by atoms with E-state index in [1.807, 2.05) is 0 Å². The van der Waals surface area contributed by atoms with Crippen molar-refractivity contribution in [1.82, 2.24) is 4.68 Å². The van der Waals surface area contributed by atoms with Gasteiger partial charge in [-0.2, -0.15) is 5.10 Å². The van der Waals surface area contributed by atoms with E-state index in [1.54, 1.807) is 19.9 Å². The van der Waals surface area contributed by atoms with Gasteiger partial charge in [-0.25, -0.2) is 9.07 Å². The summed E-state index contributed by atoms with van der Waals surface area (Å²) in [5, 5.41) is 4.04. The molecule has 2 N–H and O–H groups in total. The number of hydrogen-bond donors (Lipinski definition) is 1. The van der Waals surface area contributed by atoms with Gasteiger partial charge in [0.25, 0.3) is 11.5 Å². The highest BCUT2D eigenvalue weighted by molar-refractivity contribution is 5.93. The van der Waals surface area contributed by atoms with Crippen LogP contribution in [-0.4, -0.2) is 16.8 Å². The lowest BCUT2D eigenvalue weighted by atomic mass is 10.1. The van der Waals surface area contributed by atoms with Crippen LogP contribution in [0.25, 0.3) is 0 Å². The fraction of sp³-hybridized carbons (Fsp3) is 0.133. The van der Waals surface area contributed by atoms with Gasteiger partial charge in [0, 0.05) is 5.69 Å². The Hall–Kier alpha value is -2.76. The first kappa shape index (κ1) is 14.6. The number of benzene rings is 1. The number of aryl methyl sites for hydroxylation is 2. The number of carbonyl (C=O) groups is 1. The van der Waals surface area contributed by atoms with E-state index in [4.69, 9.17) is 5.73 Å². The van der Waals surface area contributed by atoms with Crippen LogP contribution in [0.15, 0.2) is 40.2 Å². The van der Waals surface area contributed by atoms with Gasteiger partial charge in [-0.3, -0.25) is 9.59 Å². The second-order valence-corrected chi connectivity index (χ2v) is 4.62. The van der Waals surface area contributed by atoms with Crippen LogP contribution >= 0.6 is 0 Å². The molecule has 0 unspecified atom stereocenters. The molecule has 2 rings (SSSR count). The van der Waals surface area contributed by atoms with Gasteiger partial charge in [0.15, 0.2) is 0 Å². The summed E-state index contributed by atoms with van der Waals surface area (Å²) in [4.78, 5) is 23.5. The van der Waals surface area contributed by atoms with Gasteiger partial charge >= 0.3 is 0 Å². The first-order valence-electron chi connectivity index (χ1n) is 6.23. The Morgan fingerprint density at radius 1 is 1.29 bits per heavy atom. The molecule has 21 heavy (non-hydrogen) atoms. The molecule has 0 radical (unpaired) electrons. The van der Waals surface area contributed by atoms with Gasteiger partial charge in [-0.15, -0.1) is 0 Å². The lowest BCUT2D eigenvalue weighted by Crippen LogP contribution is -2.30. The van der Waals surface area contributed by atoms with Gasteiger partial charge in [0.05, 0.1) is 6.21 Å². The molecule has 0 atom stereocenters. The fourth-order valence-corrected chi connectivity index (χ4v) is 2.00. The van der Waals surface area contributed by atoms with Crippen molar-refractivity contribution in [3.05, 3.63) is 68.9 Å². The van der Waals surface area contributed by atoms with Crippen LogP contribution < -0.4 is 11.3 Å². The van der Waals surface area contributed by atoms with Gasteiger partial charge in [-0.05, 0) is 43.2 Å².